The Bertz CT molecular complexity index is 1060. The van der Waals surface area contributed by atoms with E-state index < -0.39 is 11.1 Å². The van der Waals surface area contributed by atoms with Crippen molar-refractivity contribution in [3.05, 3.63) is 45.0 Å². The van der Waals surface area contributed by atoms with Crippen molar-refractivity contribution in [2.24, 2.45) is 30.2 Å². The maximum atomic E-state index is 12.9. The molecule has 4 fully saturated rings. The van der Waals surface area contributed by atoms with Crippen molar-refractivity contribution in [1.82, 2.24) is 14.5 Å². The van der Waals surface area contributed by atoms with Gasteiger partial charge in [-0.2, -0.15) is 0 Å². The monoisotopic (exact) mass is 395 g/mol. The second-order valence-corrected chi connectivity index (χ2v) is 9.81. The van der Waals surface area contributed by atoms with Crippen LogP contribution in [0.2, 0.25) is 0 Å². The fraction of sp³-hybridized carbons (Fsp3) is 0.609. The van der Waals surface area contributed by atoms with E-state index in [1.54, 1.807) is 19.2 Å². The van der Waals surface area contributed by atoms with Gasteiger partial charge in [0.05, 0.1) is 11.0 Å². The van der Waals surface area contributed by atoms with Crippen LogP contribution in [0, 0.1) is 23.2 Å². The van der Waals surface area contributed by atoms with Crippen LogP contribution >= 0.6 is 0 Å². The number of rotatable bonds is 4. The molecule has 1 heterocycles. The maximum absolute atomic E-state index is 12.9. The average molecular weight is 396 g/mol. The first-order valence-corrected chi connectivity index (χ1v) is 10.8. The highest BCUT2D eigenvalue weighted by molar-refractivity contribution is 5.80. The van der Waals surface area contributed by atoms with Gasteiger partial charge in [0.2, 0.25) is 5.91 Å². The minimum Gasteiger partial charge on any atom is -0.352 e. The molecular formula is C23H29N3O3. The lowest BCUT2D eigenvalue weighted by atomic mass is 9.48. The molecule has 2 aromatic rings. The predicted octanol–water partition coefficient (Wildman–Crippen LogP) is 2.42. The number of fused-ring (bicyclic) bond motifs is 1. The summed E-state index contributed by atoms with van der Waals surface area (Å²) in [7, 11) is 1.59. The Morgan fingerprint density at radius 2 is 1.59 bits per heavy atom. The average Bonchev–Trinajstić information content (AvgIpc) is 2.68. The van der Waals surface area contributed by atoms with Crippen molar-refractivity contribution in [2.45, 2.75) is 58.0 Å². The molecule has 0 unspecified atom stereocenters. The summed E-state index contributed by atoms with van der Waals surface area (Å²) in [6.45, 7) is 2.02. The summed E-state index contributed by atoms with van der Waals surface area (Å²) in [4.78, 5) is 37.9. The lowest BCUT2D eigenvalue weighted by molar-refractivity contribution is -0.126. The molecule has 4 saturated carbocycles. The number of carbonyl (C=O) groups is 1. The largest absolute Gasteiger partial charge is 0.352 e. The number of nitrogens with one attached hydrogen (secondary N) is 1. The fourth-order valence-corrected chi connectivity index (χ4v) is 6.90. The molecule has 1 atom stereocenters. The summed E-state index contributed by atoms with van der Waals surface area (Å²) >= 11 is 0. The highest BCUT2D eigenvalue weighted by Crippen LogP contribution is 2.61. The zero-order chi connectivity index (χ0) is 20.3. The summed E-state index contributed by atoms with van der Waals surface area (Å²) in [5, 5.41) is 3.20. The molecule has 1 N–H and O–H groups in total. The summed E-state index contributed by atoms with van der Waals surface area (Å²) in [6.07, 6.45) is 7.76. The van der Waals surface area contributed by atoms with Gasteiger partial charge in [0.1, 0.15) is 6.54 Å². The van der Waals surface area contributed by atoms with Crippen LogP contribution in [-0.2, 0) is 18.4 Å². The summed E-state index contributed by atoms with van der Waals surface area (Å²) in [5.41, 5.74) is 0.218. The molecule has 1 aromatic carbocycles. The Kier molecular flexibility index (Phi) is 4.23. The second-order valence-electron chi connectivity index (χ2n) is 9.81. The van der Waals surface area contributed by atoms with Gasteiger partial charge in [-0.3, -0.25) is 19.0 Å². The molecule has 154 valence electrons. The van der Waals surface area contributed by atoms with Crippen molar-refractivity contribution in [3.63, 3.8) is 0 Å². The smallest absolute Gasteiger partial charge is 0.317 e. The Morgan fingerprint density at radius 3 is 2.17 bits per heavy atom. The molecule has 29 heavy (non-hydrogen) atoms. The SMILES string of the molecule is C[C@H](NC(=O)Cn1c(=O)c(=O)n(C)c2ccccc21)C12CC3CC(CC(C3)C1)C2. The van der Waals surface area contributed by atoms with E-state index in [9.17, 15) is 14.4 Å². The topological polar surface area (TPSA) is 73.1 Å². The van der Waals surface area contributed by atoms with Crippen LogP contribution in [0.1, 0.15) is 45.4 Å². The van der Waals surface area contributed by atoms with Crippen LogP contribution in [0.5, 0.6) is 0 Å². The zero-order valence-electron chi connectivity index (χ0n) is 17.2. The molecule has 0 saturated heterocycles. The van der Waals surface area contributed by atoms with Crippen LogP contribution in [0.15, 0.2) is 33.9 Å². The number of aromatic nitrogens is 2. The number of hydrogen-bond acceptors (Lipinski definition) is 3. The van der Waals surface area contributed by atoms with Crippen LogP contribution in [-0.4, -0.2) is 21.1 Å². The Morgan fingerprint density at radius 1 is 1.03 bits per heavy atom. The molecule has 0 radical (unpaired) electrons. The highest BCUT2D eigenvalue weighted by Gasteiger charge is 2.53. The highest BCUT2D eigenvalue weighted by atomic mass is 16.2. The van der Waals surface area contributed by atoms with E-state index >= 15 is 0 Å². The van der Waals surface area contributed by atoms with Crippen molar-refractivity contribution in [2.75, 3.05) is 0 Å². The molecule has 4 bridgehead atoms. The molecule has 4 aliphatic carbocycles. The fourth-order valence-electron chi connectivity index (χ4n) is 6.90. The molecule has 0 aliphatic heterocycles. The van der Waals surface area contributed by atoms with Crippen molar-refractivity contribution < 1.29 is 4.79 Å². The van der Waals surface area contributed by atoms with E-state index in [0.717, 1.165) is 17.8 Å². The number of benzene rings is 1. The standard InChI is InChI=1S/C23H29N3O3/c1-14(23-10-15-7-16(11-23)9-17(8-15)12-23)24-20(27)13-26-19-6-4-3-5-18(19)25(2)21(28)22(26)29/h3-6,14-17H,7-13H2,1-2H3,(H,24,27)/t14-,15?,16?,17?,23?/m0/s1. The van der Waals surface area contributed by atoms with Crippen LogP contribution in [0.25, 0.3) is 11.0 Å². The molecule has 1 aromatic heterocycles. The number of aryl methyl sites for hydroxylation is 1. The van der Waals surface area contributed by atoms with Gasteiger partial charge < -0.3 is 9.88 Å². The Balaban J connectivity index is 1.39. The molecule has 6 heteroatoms. The molecule has 6 rings (SSSR count). The van der Waals surface area contributed by atoms with Crippen LogP contribution in [0.3, 0.4) is 0 Å². The molecule has 0 spiro atoms. The number of para-hydroxylation sites is 2. The third kappa shape index (κ3) is 2.95. The number of amides is 1. The van der Waals surface area contributed by atoms with Crippen LogP contribution in [0.4, 0.5) is 0 Å². The predicted molar refractivity (Wildman–Crippen MR) is 112 cm³/mol. The molecule has 6 nitrogen and oxygen atoms in total. The normalized spacial score (nSPS) is 31.2. The first kappa shape index (κ1) is 18.6. The number of carbonyl (C=O) groups excluding carboxylic acids is 1. The second kappa shape index (κ2) is 6.57. The first-order chi connectivity index (χ1) is 13.9. The summed E-state index contributed by atoms with van der Waals surface area (Å²) < 4.78 is 2.67. The van der Waals surface area contributed by atoms with E-state index in [1.807, 2.05) is 12.1 Å². The lowest BCUT2D eigenvalue weighted by Gasteiger charge is -2.59. The van der Waals surface area contributed by atoms with Gasteiger partial charge in [-0.15, -0.1) is 0 Å². The minimum atomic E-state index is -0.649. The van der Waals surface area contributed by atoms with Crippen molar-refractivity contribution in [3.8, 4) is 0 Å². The summed E-state index contributed by atoms with van der Waals surface area (Å²) in [6, 6.07) is 7.32. The molecular weight excluding hydrogens is 366 g/mol. The maximum Gasteiger partial charge on any atom is 0.317 e. The van der Waals surface area contributed by atoms with Gasteiger partial charge in [0, 0.05) is 13.1 Å². The van der Waals surface area contributed by atoms with Gasteiger partial charge in [-0.25, -0.2) is 0 Å². The van der Waals surface area contributed by atoms with E-state index in [4.69, 9.17) is 0 Å². The third-order valence-corrected chi connectivity index (χ3v) is 7.95. The quantitative estimate of drug-likeness (QED) is 0.808. The van der Waals surface area contributed by atoms with Crippen LogP contribution < -0.4 is 16.4 Å². The van der Waals surface area contributed by atoms with Gasteiger partial charge in [-0.1, -0.05) is 12.1 Å². The number of hydrogen-bond donors (Lipinski definition) is 1. The van der Waals surface area contributed by atoms with E-state index in [0.29, 0.717) is 11.0 Å². The lowest BCUT2D eigenvalue weighted by Crippen LogP contribution is -2.56. The van der Waals surface area contributed by atoms with Gasteiger partial charge >= 0.3 is 11.1 Å². The van der Waals surface area contributed by atoms with E-state index in [1.165, 1.54) is 47.7 Å². The zero-order valence-corrected chi connectivity index (χ0v) is 17.2. The van der Waals surface area contributed by atoms with Gasteiger partial charge in [-0.05, 0) is 80.8 Å². The van der Waals surface area contributed by atoms with Gasteiger partial charge in [0.15, 0.2) is 0 Å². The van der Waals surface area contributed by atoms with E-state index in [2.05, 4.69) is 12.2 Å². The van der Waals surface area contributed by atoms with E-state index in [-0.39, 0.29) is 23.9 Å². The van der Waals surface area contributed by atoms with Crippen molar-refractivity contribution in [1.29, 1.82) is 0 Å². The minimum absolute atomic E-state index is 0.0944. The Hall–Kier alpha value is -2.37. The molecule has 1 amide bonds. The van der Waals surface area contributed by atoms with Gasteiger partial charge in [0.25, 0.3) is 0 Å². The third-order valence-electron chi connectivity index (χ3n) is 7.95. The Labute approximate surface area is 169 Å². The first-order valence-electron chi connectivity index (χ1n) is 10.8. The number of nitrogens with zero attached hydrogens (tertiary/aromatic N) is 2. The summed E-state index contributed by atoms with van der Waals surface area (Å²) in [5.74, 6) is 2.28. The van der Waals surface area contributed by atoms with Crippen molar-refractivity contribution >= 4 is 16.9 Å². The molecule has 4 aliphatic rings.